The quantitative estimate of drug-likeness (QED) is 0.526. The Morgan fingerprint density at radius 3 is 2.44 bits per heavy atom. The van der Waals surface area contributed by atoms with E-state index in [1.807, 2.05) is 43.3 Å². The van der Waals surface area contributed by atoms with Crippen molar-refractivity contribution in [3.05, 3.63) is 71.4 Å². The van der Waals surface area contributed by atoms with Gasteiger partial charge in [-0.1, -0.05) is 29.8 Å². The molecule has 0 spiro atoms. The number of benzene rings is 2. The van der Waals surface area contributed by atoms with Crippen LogP contribution in [0.2, 0.25) is 0 Å². The van der Waals surface area contributed by atoms with E-state index in [-0.39, 0.29) is 5.91 Å². The fraction of sp³-hybridized carbons (Fsp3) is 0.346. The number of piperidine rings is 1. The summed E-state index contributed by atoms with van der Waals surface area (Å²) < 4.78 is 0. The molecule has 1 fully saturated rings. The minimum Gasteiger partial charge on any atom is -0.356 e. The topological polar surface area (TPSA) is 70.2 Å². The summed E-state index contributed by atoms with van der Waals surface area (Å²) in [4.78, 5) is 23.9. The lowest BCUT2D eigenvalue weighted by Crippen LogP contribution is -2.30. The Morgan fingerprint density at radius 1 is 0.938 bits per heavy atom. The summed E-state index contributed by atoms with van der Waals surface area (Å²) in [6, 6.07) is 18.0. The van der Waals surface area contributed by atoms with Gasteiger partial charge in [-0.3, -0.25) is 4.79 Å². The normalized spacial score (nSPS) is 13.6. The van der Waals surface area contributed by atoms with Crippen LogP contribution in [0.1, 0.15) is 42.5 Å². The van der Waals surface area contributed by atoms with Gasteiger partial charge in [-0.2, -0.15) is 4.98 Å². The van der Waals surface area contributed by atoms with Gasteiger partial charge in [0.05, 0.1) is 0 Å². The van der Waals surface area contributed by atoms with Crippen molar-refractivity contribution in [1.82, 2.24) is 9.97 Å². The van der Waals surface area contributed by atoms with Gasteiger partial charge < -0.3 is 15.5 Å². The molecule has 1 amide bonds. The molecule has 1 saturated heterocycles. The number of carbonyl (C=O) groups excluding carboxylic acids is 1. The van der Waals surface area contributed by atoms with Gasteiger partial charge in [-0.05, 0) is 69.4 Å². The van der Waals surface area contributed by atoms with Crippen molar-refractivity contribution in [3.8, 4) is 0 Å². The highest BCUT2D eigenvalue weighted by Crippen LogP contribution is 2.22. The van der Waals surface area contributed by atoms with Crippen LogP contribution >= 0.6 is 0 Å². The maximum absolute atomic E-state index is 12.3. The van der Waals surface area contributed by atoms with Crippen LogP contribution in [0, 0.1) is 13.8 Å². The van der Waals surface area contributed by atoms with Crippen LogP contribution in [0.15, 0.2) is 54.6 Å². The third kappa shape index (κ3) is 6.06. The van der Waals surface area contributed by atoms with E-state index in [0.29, 0.717) is 12.4 Å². The highest BCUT2D eigenvalue weighted by Gasteiger charge is 2.14. The van der Waals surface area contributed by atoms with Gasteiger partial charge in [0.1, 0.15) is 5.82 Å². The molecule has 166 valence electrons. The molecule has 1 aromatic heterocycles. The van der Waals surface area contributed by atoms with Gasteiger partial charge in [0.25, 0.3) is 0 Å². The Kier molecular flexibility index (Phi) is 7.00. The first kappa shape index (κ1) is 21.8. The number of rotatable bonds is 7. The van der Waals surface area contributed by atoms with Gasteiger partial charge in [0.2, 0.25) is 11.9 Å². The number of carbonyl (C=O) groups is 1. The van der Waals surface area contributed by atoms with E-state index in [0.717, 1.165) is 42.4 Å². The Morgan fingerprint density at radius 2 is 1.69 bits per heavy atom. The highest BCUT2D eigenvalue weighted by molar-refractivity contribution is 5.91. The summed E-state index contributed by atoms with van der Waals surface area (Å²) in [5.41, 5.74) is 5.01. The van der Waals surface area contributed by atoms with Crippen LogP contribution in [0.3, 0.4) is 0 Å². The Bertz CT molecular complexity index is 1060. The first-order valence-electron chi connectivity index (χ1n) is 11.4. The van der Waals surface area contributed by atoms with E-state index in [2.05, 4.69) is 45.6 Å². The number of nitrogens with zero attached hydrogens (tertiary/aromatic N) is 3. The van der Waals surface area contributed by atoms with E-state index in [4.69, 9.17) is 4.98 Å². The lowest BCUT2D eigenvalue weighted by molar-refractivity contribution is -0.116. The molecule has 4 rings (SSSR count). The molecule has 0 radical (unpaired) electrons. The van der Waals surface area contributed by atoms with Crippen molar-refractivity contribution in [2.75, 3.05) is 28.6 Å². The first-order chi connectivity index (χ1) is 15.5. The van der Waals surface area contributed by atoms with Crippen LogP contribution < -0.4 is 15.5 Å². The monoisotopic (exact) mass is 429 g/mol. The Balaban J connectivity index is 1.33. The largest absolute Gasteiger partial charge is 0.356 e. The summed E-state index contributed by atoms with van der Waals surface area (Å²) in [5.74, 6) is 1.60. The zero-order chi connectivity index (χ0) is 22.3. The van der Waals surface area contributed by atoms with E-state index < -0.39 is 0 Å². The predicted octanol–water partition coefficient (Wildman–Crippen LogP) is 5.40. The van der Waals surface area contributed by atoms with Crippen LogP contribution in [0.4, 0.5) is 23.1 Å². The standard InChI is InChI=1S/C26H31N5O/c1-19-7-6-8-21(17-19)9-14-25(32)28-22-10-12-23(13-11-22)29-26-27-20(2)18-24(30-26)31-15-4-3-5-16-31/h6-8,10-13,17-18H,3-5,9,14-16H2,1-2H3,(H,28,32)(H,27,29,30). The fourth-order valence-corrected chi connectivity index (χ4v) is 4.01. The number of aryl methyl sites for hydroxylation is 3. The molecule has 0 aliphatic carbocycles. The SMILES string of the molecule is Cc1cccc(CCC(=O)Nc2ccc(Nc3nc(C)cc(N4CCCCC4)n3)cc2)c1. The van der Waals surface area contributed by atoms with Crippen LogP contribution in [0.25, 0.3) is 0 Å². The second-order valence-electron chi connectivity index (χ2n) is 8.48. The summed E-state index contributed by atoms with van der Waals surface area (Å²) in [7, 11) is 0. The summed E-state index contributed by atoms with van der Waals surface area (Å²) in [6.07, 6.45) is 4.91. The maximum atomic E-state index is 12.3. The predicted molar refractivity (Wildman–Crippen MR) is 131 cm³/mol. The Labute approximate surface area is 190 Å². The average molecular weight is 430 g/mol. The third-order valence-corrected chi connectivity index (χ3v) is 5.67. The van der Waals surface area contributed by atoms with Crippen LogP contribution in [0.5, 0.6) is 0 Å². The van der Waals surface area contributed by atoms with Gasteiger partial charge in [-0.25, -0.2) is 4.98 Å². The van der Waals surface area contributed by atoms with Crippen LogP contribution in [-0.4, -0.2) is 29.0 Å². The second kappa shape index (κ2) is 10.3. The zero-order valence-corrected chi connectivity index (χ0v) is 18.9. The van der Waals surface area contributed by atoms with Crippen LogP contribution in [-0.2, 0) is 11.2 Å². The lowest BCUT2D eigenvalue weighted by Gasteiger charge is -2.28. The van der Waals surface area contributed by atoms with Gasteiger partial charge >= 0.3 is 0 Å². The molecule has 6 nitrogen and oxygen atoms in total. The number of anilines is 4. The van der Waals surface area contributed by atoms with Crippen molar-refractivity contribution in [3.63, 3.8) is 0 Å². The van der Waals surface area contributed by atoms with Crippen molar-refractivity contribution in [1.29, 1.82) is 0 Å². The molecule has 1 aliphatic rings. The van der Waals surface area contributed by atoms with Crippen molar-refractivity contribution in [2.45, 2.75) is 46.0 Å². The van der Waals surface area contributed by atoms with E-state index in [1.54, 1.807) is 0 Å². The molecule has 1 aliphatic heterocycles. The second-order valence-corrected chi connectivity index (χ2v) is 8.48. The van der Waals surface area contributed by atoms with Gasteiger partial charge in [0, 0.05) is 42.6 Å². The molecule has 0 atom stereocenters. The number of hydrogen-bond donors (Lipinski definition) is 2. The number of hydrogen-bond acceptors (Lipinski definition) is 5. The summed E-state index contributed by atoms with van der Waals surface area (Å²) in [6.45, 7) is 6.16. The smallest absolute Gasteiger partial charge is 0.229 e. The number of aromatic nitrogens is 2. The van der Waals surface area contributed by atoms with Crippen molar-refractivity contribution < 1.29 is 4.79 Å². The van der Waals surface area contributed by atoms with Crippen molar-refractivity contribution in [2.24, 2.45) is 0 Å². The maximum Gasteiger partial charge on any atom is 0.229 e. The molecule has 2 aromatic carbocycles. The van der Waals surface area contributed by atoms with E-state index in [9.17, 15) is 4.79 Å². The van der Waals surface area contributed by atoms with Crippen molar-refractivity contribution >= 4 is 29.0 Å². The lowest BCUT2D eigenvalue weighted by atomic mass is 10.1. The minimum absolute atomic E-state index is 0.0143. The number of amides is 1. The molecule has 3 aromatic rings. The summed E-state index contributed by atoms with van der Waals surface area (Å²) >= 11 is 0. The minimum atomic E-state index is 0.0143. The third-order valence-electron chi connectivity index (χ3n) is 5.67. The average Bonchev–Trinajstić information content (AvgIpc) is 2.79. The van der Waals surface area contributed by atoms with E-state index >= 15 is 0 Å². The summed E-state index contributed by atoms with van der Waals surface area (Å²) in [5, 5.41) is 6.27. The molecule has 0 unspecified atom stereocenters. The zero-order valence-electron chi connectivity index (χ0n) is 18.9. The molecule has 6 heteroatoms. The highest BCUT2D eigenvalue weighted by atomic mass is 16.1. The molecule has 2 N–H and O–H groups in total. The first-order valence-corrected chi connectivity index (χ1v) is 11.4. The molecule has 32 heavy (non-hydrogen) atoms. The molecule has 0 saturated carbocycles. The molecule has 2 heterocycles. The Hall–Kier alpha value is -3.41. The molecular formula is C26H31N5O. The van der Waals surface area contributed by atoms with E-state index in [1.165, 1.54) is 30.4 Å². The van der Waals surface area contributed by atoms with Gasteiger partial charge in [0.15, 0.2) is 0 Å². The number of nitrogens with one attached hydrogen (secondary N) is 2. The molecule has 0 bridgehead atoms. The fourth-order valence-electron chi connectivity index (χ4n) is 4.01. The van der Waals surface area contributed by atoms with Gasteiger partial charge in [-0.15, -0.1) is 0 Å². The molecular weight excluding hydrogens is 398 g/mol.